The van der Waals surface area contributed by atoms with Gasteiger partial charge in [-0.25, -0.2) is 4.79 Å². The fraction of sp³-hybridized carbons (Fsp3) is 0.286. The van der Waals surface area contributed by atoms with E-state index in [1.54, 1.807) is 18.2 Å². The maximum absolute atomic E-state index is 11.6. The highest BCUT2D eigenvalue weighted by atomic mass is 16.5. The van der Waals surface area contributed by atoms with E-state index >= 15 is 0 Å². The molecule has 0 saturated heterocycles. The Bertz CT molecular complexity index is 490. The zero-order chi connectivity index (χ0) is 14.3. The fourth-order valence-electron chi connectivity index (χ4n) is 1.44. The number of ether oxygens (including phenoxy) is 3. The Morgan fingerprint density at radius 1 is 1.21 bits per heavy atom. The summed E-state index contributed by atoms with van der Waals surface area (Å²) in [6, 6.07) is 7.19. The van der Waals surface area contributed by atoms with E-state index in [0.717, 1.165) is 0 Å². The Morgan fingerprint density at radius 3 is 2.47 bits per heavy atom. The van der Waals surface area contributed by atoms with Gasteiger partial charge in [0.25, 0.3) is 0 Å². The molecule has 0 N–H and O–H groups in total. The van der Waals surface area contributed by atoms with Crippen LogP contribution in [0.3, 0.4) is 0 Å². The average molecular weight is 264 g/mol. The van der Waals surface area contributed by atoms with Gasteiger partial charge in [0.05, 0.1) is 19.8 Å². The van der Waals surface area contributed by atoms with Crippen LogP contribution in [0.4, 0.5) is 0 Å². The van der Waals surface area contributed by atoms with Gasteiger partial charge in [-0.15, -0.1) is 0 Å². The van der Waals surface area contributed by atoms with Crippen molar-refractivity contribution in [2.75, 3.05) is 20.8 Å². The molecule has 5 heteroatoms. The van der Waals surface area contributed by atoms with Gasteiger partial charge in [-0.1, -0.05) is 18.2 Å². The Morgan fingerprint density at radius 2 is 1.89 bits per heavy atom. The maximum atomic E-state index is 11.6. The number of methoxy groups -OCH3 is 2. The summed E-state index contributed by atoms with van der Waals surface area (Å²) in [5.41, 5.74) is 0.944. The average Bonchev–Trinajstić information content (AvgIpc) is 2.42. The zero-order valence-corrected chi connectivity index (χ0v) is 11.1. The molecule has 0 bridgehead atoms. The summed E-state index contributed by atoms with van der Waals surface area (Å²) in [6.45, 7) is 1.14. The summed E-state index contributed by atoms with van der Waals surface area (Å²) in [5, 5.41) is 0. The number of carbonyl (C=O) groups excluding carboxylic acids is 2. The third-order valence-electron chi connectivity index (χ3n) is 2.35. The number of carbonyl (C=O) groups is 2. The summed E-state index contributed by atoms with van der Waals surface area (Å²) < 4.78 is 14.7. The second kappa shape index (κ2) is 7.20. The topological polar surface area (TPSA) is 61.8 Å². The molecule has 0 radical (unpaired) electrons. The lowest BCUT2D eigenvalue weighted by Crippen LogP contribution is -2.12. The van der Waals surface area contributed by atoms with Crippen LogP contribution in [-0.4, -0.2) is 32.8 Å². The lowest BCUT2D eigenvalue weighted by atomic mass is 10.1. The Labute approximate surface area is 111 Å². The summed E-state index contributed by atoms with van der Waals surface area (Å²) >= 11 is 0. The molecule has 0 aromatic heterocycles. The van der Waals surface area contributed by atoms with Crippen LogP contribution in [0.2, 0.25) is 0 Å². The van der Waals surface area contributed by atoms with E-state index in [0.29, 0.717) is 11.3 Å². The number of para-hydroxylation sites is 1. The van der Waals surface area contributed by atoms with Crippen LogP contribution in [0.15, 0.2) is 29.8 Å². The van der Waals surface area contributed by atoms with Gasteiger partial charge in [-0.3, -0.25) is 4.79 Å². The molecule has 5 nitrogen and oxygen atoms in total. The van der Waals surface area contributed by atoms with Crippen LogP contribution < -0.4 is 4.74 Å². The van der Waals surface area contributed by atoms with Gasteiger partial charge in [0.1, 0.15) is 12.4 Å². The largest absolute Gasteiger partial charge is 0.496 e. The lowest BCUT2D eigenvalue weighted by molar-refractivity contribution is -0.141. The van der Waals surface area contributed by atoms with E-state index < -0.39 is 11.9 Å². The molecule has 1 rings (SSSR count). The van der Waals surface area contributed by atoms with Crippen LogP contribution in [-0.2, 0) is 19.1 Å². The third kappa shape index (κ3) is 4.46. The lowest BCUT2D eigenvalue weighted by Gasteiger charge is -2.08. The molecule has 0 aliphatic rings. The second-order valence-corrected chi connectivity index (χ2v) is 3.68. The fourth-order valence-corrected chi connectivity index (χ4v) is 1.44. The molecule has 19 heavy (non-hydrogen) atoms. The first-order valence-electron chi connectivity index (χ1n) is 5.63. The smallest absolute Gasteiger partial charge is 0.337 e. The molecule has 102 valence electrons. The summed E-state index contributed by atoms with van der Waals surface area (Å²) in [7, 11) is 2.81. The van der Waals surface area contributed by atoms with E-state index in [9.17, 15) is 9.59 Å². The summed E-state index contributed by atoms with van der Waals surface area (Å²) in [4.78, 5) is 22.4. The number of esters is 2. The Balaban J connectivity index is 3.04. The normalized spacial score (nSPS) is 10.8. The minimum Gasteiger partial charge on any atom is -0.496 e. The molecule has 0 fully saturated rings. The van der Waals surface area contributed by atoms with Crippen LogP contribution >= 0.6 is 0 Å². The van der Waals surface area contributed by atoms with Crippen LogP contribution in [0.1, 0.15) is 12.5 Å². The highest BCUT2D eigenvalue weighted by Gasteiger charge is 2.12. The molecule has 1 aromatic rings. The van der Waals surface area contributed by atoms with Crippen molar-refractivity contribution in [3.8, 4) is 5.75 Å². The quantitative estimate of drug-likeness (QED) is 0.599. The highest BCUT2D eigenvalue weighted by Crippen LogP contribution is 2.20. The molecule has 0 saturated carbocycles. The first kappa shape index (κ1) is 14.8. The van der Waals surface area contributed by atoms with Crippen molar-refractivity contribution in [3.63, 3.8) is 0 Å². The zero-order valence-electron chi connectivity index (χ0n) is 11.1. The van der Waals surface area contributed by atoms with Gasteiger partial charge in [0.2, 0.25) is 0 Å². The van der Waals surface area contributed by atoms with E-state index in [4.69, 9.17) is 9.47 Å². The SMILES string of the molecule is COC(=O)/C(=C/c1ccccc1OC)COC(C)=O. The molecule has 1 aromatic carbocycles. The molecular formula is C14H16O5. The van der Waals surface area contributed by atoms with Gasteiger partial charge >= 0.3 is 11.9 Å². The van der Waals surface area contributed by atoms with Crippen molar-refractivity contribution in [1.29, 1.82) is 0 Å². The van der Waals surface area contributed by atoms with Gasteiger partial charge in [-0.2, -0.15) is 0 Å². The van der Waals surface area contributed by atoms with Gasteiger partial charge in [0, 0.05) is 12.5 Å². The molecule has 0 spiro atoms. The molecular weight excluding hydrogens is 248 g/mol. The first-order valence-corrected chi connectivity index (χ1v) is 5.63. The number of hydrogen-bond acceptors (Lipinski definition) is 5. The van der Waals surface area contributed by atoms with Crippen molar-refractivity contribution < 1.29 is 23.8 Å². The Hall–Kier alpha value is -2.30. The van der Waals surface area contributed by atoms with E-state index in [2.05, 4.69) is 4.74 Å². The monoisotopic (exact) mass is 264 g/mol. The summed E-state index contributed by atoms with van der Waals surface area (Å²) in [6.07, 6.45) is 1.58. The predicted octanol–water partition coefficient (Wildman–Crippen LogP) is 1.81. The highest BCUT2D eigenvalue weighted by molar-refractivity contribution is 5.94. The number of hydrogen-bond donors (Lipinski definition) is 0. The van der Waals surface area contributed by atoms with E-state index in [1.807, 2.05) is 12.1 Å². The van der Waals surface area contributed by atoms with Crippen molar-refractivity contribution in [3.05, 3.63) is 35.4 Å². The van der Waals surface area contributed by atoms with Crippen molar-refractivity contribution in [2.24, 2.45) is 0 Å². The van der Waals surface area contributed by atoms with Crippen molar-refractivity contribution in [2.45, 2.75) is 6.92 Å². The van der Waals surface area contributed by atoms with Crippen molar-refractivity contribution >= 4 is 18.0 Å². The van der Waals surface area contributed by atoms with Crippen LogP contribution in [0, 0.1) is 0 Å². The van der Waals surface area contributed by atoms with Gasteiger partial charge in [-0.05, 0) is 12.1 Å². The third-order valence-corrected chi connectivity index (χ3v) is 2.35. The Kier molecular flexibility index (Phi) is 5.60. The minimum absolute atomic E-state index is 0.139. The van der Waals surface area contributed by atoms with E-state index in [1.165, 1.54) is 21.1 Å². The summed E-state index contributed by atoms with van der Waals surface area (Å²) in [5.74, 6) is -0.395. The molecule has 0 atom stereocenters. The number of benzene rings is 1. The maximum Gasteiger partial charge on any atom is 0.337 e. The molecule has 0 heterocycles. The van der Waals surface area contributed by atoms with Gasteiger partial charge in [0.15, 0.2) is 0 Å². The number of rotatable bonds is 5. The standard InChI is InChI=1S/C14H16O5/c1-10(15)19-9-12(14(16)18-3)8-11-6-4-5-7-13(11)17-2/h4-8H,9H2,1-3H3/b12-8+. The minimum atomic E-state index is -0.549. The van der Waals surface area contributed by atoms with E-state index in [-0.39, 0.29) is 12.2 Å². The van der Waals surface area contributed by atoms with Crippen molar-refractivity contribution in [1.82, 2.24) is 0 Å². The predicted molar refractivity (Wildman–Crippen MR) is 69.6 cm³/mol. The molecule has 0 aliphatic heterocycles. The van der Waals surface area contributed by atoms with Crippen LogP contribution in [0.25, 0.3) is 6.08 Å². The molecule has 0 unspecified atom stereocenters. The first-order chi connectivity index (χ1) is 9.08. The second-order valence-electron chi connectivity index (χ2n) is 3.68. The van der Waals surface area contributed by atoms with Crippen LogP contribution in [0.5, 0.6) is 5.75 Å². The molecule has 0 aliphatic carbocycles. The molecule has 0 amide bonds. The van der Waals surface area contributed by atoms with Gasteiger partial charge < -0.3 is 14.2 Å².